The second kappa shape index (κ2) is 23.6. The van der Waals surface area contributed by atoms with E-state index < -0.39 is 0 Å². The molecule has 200 valence electrons. The summed E-state index contributed by atoms with van der Waals surface area (Å²) in [6.07, 6.45) is 27.3. The maximum atomic E-state index is 6.38. The Morgan fingerprint density at radius 2 is 0.879 bits per heavy atom. The molecule has 0 aromatic heterocycles. The van der Waals surface area contributed by atoms with Gasteiger partial charge in [-0.25, -0.2) is 0 Å². The summed E-state index contributed by atoms with van der Waals surface area (Å²) in [7, 11) is 4.22. The monoisotopic (exact) mass is 469 g/mol. The van der Waals surface area contributed by atoms with Gasteiger partial charge in [0.25, 0.3) is 0 Å². The summed E-state index contributed by atoms with van der Waals surface area (Å²) in [6, 6.07) is 0. The summed E-state index contributed by atoms with van der Waals surface area (Å²) >= 11 is 0. The minimum atomic E-state index is -0.349. The third-order valence-electron chi connectivity index (χ3n) is 7.40. The SMILES string of the molecule is CCCCCCCCCCCCOC(C)C(C)(OCCCCCCCCCCCC)N(C)C. The predicted molar refractivity (Wildman–Crippen MR) is 147 cm³/mol. The molecule has 0 radical (unpaired) electrons. The topological polar surface area (TPSA) is 21.7 Å². The van der Waals surface area contributed by atoms with Crippen LogP contribution in [-0.2, 0) is 9.47 Å². The highest BCUT2D eigenvalue weighted by atomic mass is 16.6. The number of likely N-dealkylation sites (N-methyl/N-ethyl adjacent to an activating group) is 1. The van der Waals surface area contributed by atoms with Crippen molar-refractivity contribution >= 4 is 0 Å². The molecule has 0 fully saturated rings. The van der Waals surface area contributed by atoms with E-state index in [9.17, 15) is 0 Å². The molecule has 0 aliphatic rings. The number of hydrogen-bond donors (Lipinski definition) is 0. The Hall–Kier alpha value is -0.120. The first-order valence-corrected chi connectivity index (χ1v) is 14.9. The lowest BCUT2D eigenvalue weighted by molar-refractivity contribution is -0.199. The zero-order chi connectivity index (χ0) is 24.6. The molecule has 0 heterocycles. The molecule has 0 saturated carbocycles. The van der Waals surface area contributed by atoms with E-state index in [-0.39, 0.29) is 11.8 Å². The minimum Gasteiger partial charge on any atom is -0.374 e. The largest absolute Gasteiger partial charge is 0.374 e. The number of ether oxygens (including phenoxy) is 2. The van der Waals surface area contributed by atoms with Crippen molar-refractivity contribution in [3.63, 3.8) is 0 Å². The van der Waals surface area contributed by atoms with Crippen molar-refractivity contribution in [1.29, 1.82) is 0 Å². The van der Waals surface area contributed by atoms with E-state index in [1.54, 1.807) is 0 Å². The highest BCUT2D eigenvalue weighted by Crippen LogP contribution is 2.23. The van der Waals surface area contributed by atoms with Gasteiger partial charge in [-0.05, 0) is 40.8 Å². The molecule has 0 aromatic carbocycles. The zero-order valence-corrected chi connectivity index (χ0v) is 23.9. The van der Waals surface area contributed by atoms with Crippen LogP contribution in [-0.4, -0.2) is 44.0 Å². The average molecular weight is 470 g/mol. The van der Waals surface area contributed by atoms with Gasteiger partial charge in [-0.15, -0.1) is 0 Å². The predicted octanol–water partition coefficient (Wildman–Crippen LogP) is 9.53. The van der Waals surface area contributed by atoms with Gasteiger partial charge < -0.3 is 9.47 Å². The van der Waals surface area contributed by atoms with Gasteiger partial charge in [0.1, 0.15) is 5.72 Å². The first-order valence-electron chi connectivity index (χ1n) is 14.9. The molecule has 2 atom stereocenters. The van der Waals surface area contributed by atoms with E-state index in [4.69, 9.17) is 9.47 Å². The normalized spacial score (nSPS) is 14.6. The highest BCUT2D eigenvalue weighted by molar-refractivity contribution is 4.79. The van der Waals surface area contributed by atoms with Crippen molar-refractivity contribution in [2.45, 2.75) is 168 Å². The molecule has 0 aliphatic carbocycles. The molecular formula is C30H63NO2. The van der Waals surface area contributed by atoms with Crippen LogP contribution in [0.5, 0.6) is 0 Å². The van der Waals surface area contributed by atoms with Crippen LogP contribution in [0.25, 0.3) is 0 Å². The van der Waals surface area contributed by atoms with Gasteiger partial charge in [-0.2, -0.15) is 0 Å². The number of hydrogen-bond acceptors (Lipinski definition) is 3. The molecule has 0 aromatic rings. The summed E-state index contributed by atoms with van der Waals surface area (Å²) in [5, 5.41) is 0. The lowest BCUT2D eigenvalue weighted by Crippen LogP contribution is -2.53. The molecule has 2 unspecified atom stereocenters. The average Bonchev–Trinajstić information content (AvgIpc) is 2.80. The van der Waals surface area contributed by atoms with Crippen LogP contribution in [0.15, 0.2) is 0 Å². The van der Waals surface area contributed by atoms with Gasteiger partial charge in [-0.1, -0.05) is 129 Å². The van der Waals surface area contributed by atoms with E-state index in [0.717, 1.165) is 19.6 Å². The van der Waals surface area contributed by atoms with Crippen LogP contribution >= 0.6 is 0 Å². The van der Waals surface area contributed by atoms with Crippen LogP contribution < -0.4 is 0 Å². The zero-order valence-electron chi connectivity index (χ0n) is 23.9. The quantitative estimate of drug-likeness (QED) is 0.0929. The molecular weight excluding hydrogens is 406 g/mol. The van der Waals surface area contributed by atoms with Crippen molar-refractivity contribution in [1.82, 2.24) is 4.90 Å². The summed E-state index contributed by atoms with van der Waals surface area (Å²) < 4.78 is 12.6. The summed E-state index contributed by atoms with van der Waals surface area (Å²) in [6.45, 7) is 10.6. The fourth-order valence-electron chi connectivity index (χ4n) is 4.48. The second-order valence-corrected chi connectivity index (χ2v) is 10.7. The third kappa shape index (κ3) is 18.8. The van der Waals surface area contributed by atoms with Crippen molar-refractivity contribution in [2.75, 3.05) is 27.3 Å². The first kappa shape index (κ1) is 32.9. The maximum Gasteiger partial charge on any atom is 0.144 e. The number of nitrogens with zero attached hydrogens (tertiary/aromatic N) is 1. The van der Waals surface area contributed by atoms with E-state index >= 15 is 0 Å². The third-order valence-corrected chi connectivity index (χ3v) is 7.40. The lowest BCUT2D eigenvalue weighted by atomic mass is 10.1. The molecule has 3 nitrogen and oxygen atoms in total. The second-order valence-electron chi connectivity index (χ2n) is 10.7. The molecule has 0 N–H and O–H groups in total. The van der Waals surface area contributed by atoms with Crippen LogP contribution in [0.4, 0.5) is 0 Å². The van der Waals surface area contributed by atoms with Gasteiger partial charge in [0.15, 0.2) is 0 Å². The fraction of sp³-hybridized carbons (Fsp3) is 1.00. The molecule has 0 bridgehead atoms. The van der Waals surface area contributed by atoms with Crippen LogP contribution in [0.3, 0.4) is 0 Å². The molecule has 0 saturated heterocycles. The van der Waals surface area contributed by atoms with E-state index in [1.165, 1.54) is 122 Å². The Bertz CT molecular complexity index is 387. The number of rotatable bonds is 26. The van der Waals surface area contributed by atoms with Gasteiger partial charge in [-0.3, -0.25) is 4.90 Å². The molecule has 33 heavy (non-hydrogen) atoms. The fourth-order valence-corrected chi connectivity index (χ4v) is 4.48. The smallest absolute Gasteiger partial charge is 0.144 e. The molecule has 3 heteroatoms. The summed E-state index contributed by atoms with van der Waals surface area (Å²) in [5.41, 5.74) is -0.349. The number of unbranched alkanes of at least 4 members (excludes halogenated alkanes) is 18. The van der Waals surface area contributed by atoms with Gasteiger partial charge in [0.05, 0.1) is 6.10 Å². The molecule has 0 aliphatic heterocycles. The van der Waals surface area contributed by atoms with E-state index in [0.29, 0.717) is 0 Å². The summed E-state index contributed by atoms with van der Waals surface area (Å²) in [4.78, 5) is 2.19. The molecule has 0 spiro atoms. The van der Waals surface area contributed by atoms with Gasteiger partial charge in [0.2, 0.25) is 0 Å². The van der Waals surface area contributed by atoms with Crippen molar-refractivity contribution in [3.8, 4) is 0 Å². The Morgan fingerprint density at radius 1 is 0.545 bits per heavy atom. The minimum absolute atomic E-state index is 0.0780. The van der Waals surface area contributed by atoms with Crippen molar-refractivity contribution in [2.24, 2.45) is 0 Å². The molecule has 0 amide bonds. The Labute approximate surface area is 209 Å². The van der Waals surface area contributed by atoms with Gasteiger partial charge in [0, 0.05) is 13.2 Å². The molecule has 0 rings (SSSR count). The van der Waals surface area contributed by atoms with E-state index in [1.807, 2.05) is 0 Å². The first-order chi connectivity index (χ1) is 16.0. The Balaban J connectivity index is 3.78. The Morgan fingerprint density at radius 3 is 1.24 bits per heavy atom. The lowest BCUT2D eigenvalue weighted by Gasteiger charge is -2.41. The van der Waals surface area contributed by atoms with Crippen LogP contribution in [0.1, 0.15) is 156 Å². The van der Waals surface area contributed by atoms with Crippen LogP contribution in [0, 0.1) is 0 Å². The van der Waals surface area contributed by atoms with Crippen molar-refractivity contribution < 1.29 is 9.47 Å². The Kier molecular flexibility index (Phi) is 23.5. The van der Waals surface area contributed by atoms with Crippen LogP contribution in [0.2, 0.25) is 0 Å². The highest BCUT2D eigenvalue weighted by Gasteiger charge is 2.35. The maximum absolute atomic E-state index is 6.38. The van der Waals surface area contributed by atoms with E-state index in [2.05, 4.69) is 46.7 Å². The standard InChI is InChI=1S/C30H63NO2/c1-7-9-11-13-15-17-19-21-23-25-27-32-29(3)30(4,31(5)6)33-28-26-24-22-20-18-16-14-12-10-8-2/h29H,7-28H2,1-6H3. The van der Waals surface area contributed by atoms with Gasteiger partial charge >= 0.3 is 0 Å². The van der Waals surface area contributed by atoms with Crippen molar-refractivity contribution in [3.05, 3.63) is 0 Å². The summed E-state index contributed by atoms with van der Waals surface area (Å²) in [5.74, 6) is 0.